The fraction of sp³-hybridized carbons (Fsp3) is 0.294. The van der Waals surface area contributed by atoms with Crippen LogP contribution in [0.25, 0.3) is 0 Å². The van der Waals surface area contributed by atoms with Gasteiger partial charge in [-0.1, -0.05) is 12.1 Å². The van der Waals surface area contributed by atoms with Crippen molar-refractivity contribution in [1.82, 2.24) is 9.88 Å². The average molecular weight is 298 g/mol. The molecule has 2 heterocycles. The van der Waals surface area contributed by atoms with E-state index in [4.69, 9.17) is 4.74 Å². The highest BCUT2D eigenvalue weighted by molar-refractivity contribution is 5.88. The van der Waals surface area contributed by atoms with Gasteiger partial charge in [-0.15, -0.1) is 0 Å². The van der Waals surface area contributed by atoms with Crippen molar-refractivity contribution in [3.8, 4) is 5.75 Å². The predicted molar refractivity (Wildman–Crippen MR) is 82.0 cm³/mol. The van der Waals surface area contributed by atoms with Gasteiger partial charge in [0.1, 0.15) is 5.75 Å². The number of aromatic carboxylic acids is 1. The summed E-state index contributed by atoms with van der Waals surface area (Å²) in [5.41, 5.74) is 3.37. The maximum absolute atomic E-state index is 11.3. The lowest BCUT2D eigenvalue weighted by molar-refractivity contribution is 0.0693. The van der Waals surface area contributed by atoms with Crippen molar-refractivity contribution < 1.29 is 14.6 Å². The number of methoxy groups -OCH3 is 1. The van der Waals surface area contributed by atoms with E-state index < -0.39 is 5.97 Å². The number of carboxylic acids is 1. The molecule has 1 aromatic carbocycles. The minimum Gasteiger partial charge on any atom is -0.496 e. The smallest absolute Gasteiger partial charge is 0.337 e. The Bertz CT molecular complexity index is 700. The summed E-state index contributed by atoms with van der Waals surface area (Å²) in [6.07, 6.45) is 2.54. The van der Waals surface area contributed by atoms with Crippen molar-refractivity contribution in [3.63, 3.8) is 0 Å². The number of fused-ring (bicyclic) bond motifs is 1. The Morgan fingerprint density at radius 3 is 3.00 bits per heavy atom. The van der Waals surface area contributed by atoms with Gasteiger partial charge in [-0.3, -0.25) is 9.88 Å². The number of rotatable bonds is 4. The molecule has 3 rings (SSSR count). The standard InChI is InChI=1S/C17H18N2O3/c1-22-16-6-2-4-12-10-19(9-7-13(12)16)11-15-14(17(20)21)5-3-8-18-15/h2-6,8H,7,9-11H2,1H3,(H,20,21). The molecule has 0 amide bonds. The third-order valence-corrected chi connectivity index (χ3v) is 4.02. The number of ether oxygens (including phenoxy) is 1. The summed E-state index contributed by atoms with van der Waals surface area (Å²) in [7, 11) is 1.69. The SMILES string of the molecule is COc1cccc2c1CCN(Cc1ncccc1C(=O)O)C2. The zero-order valence-electron chi connectivity index (χ0n) is 12.5. The van der Waals surface area contributed by atoms with Gasteiger partial charge < -0.3 is 9.84 Å². The largest absolute Gasteiger partial charge is 0.496 e. The van der Waals surface area contributed by atoms with Gasteiger partial charge in [-0.05, 0) is 35.7 Å². The van der Waals surface area contributed by atoms with Crippen molar-refractivity contribution in [2.75, 3.05) is 13.7 Å². The number of hydrogen-bond acceptors (Lipinski definition) is 4. The Kier molecular flexibility index (Phi) is 4.06. The number of carboxylic acid groups (broad SMARTS) is 1. The second-order valence-electron chi connectivity index (χ2n) is 5.36. The molecule has 5 nitrogen and oxygen atoms in total. The molecule has 1 N–H and O–H groups in total. The number of aromatic nitrogens is 1. The number of carbonyl (C=O) groups is 1. The average Bonchev–Trinajstić information content (AvgIpc) is 2.54. The zero-order valence-corrected chi connectivity index (χ0v) is 12.5. The third-order valence-electron chi connectivity index (χ3n) is 4.02. The molecular weight excluding hydrogens is 280 g/mol. The molecule has 0 unspecified atom stereocenters. The van der Waals surface area contributed by atoms with Crippen LogP contribution in [0.3, 0.4) is 0 Å². The molecule has 1 aliphatic heterocycles. The molecule has 0 saturated carbocycles. The molecule has 0 saturated heterocycles. The van der Waals surface area contributed by atoms with Crippen LogP contribution in [0.5, 0.6) is 5.75 Å². The lowest BCUT2D eigenvalue weighted by atomic mass is 9.98. The normalized spacial score (nSPS) is 14.4. The van der Waals surface area contributed by atoms with E-state index in [1.54, 1.807) is 25.4 Å². The topological polar surface area (TPSA) is 62.7 Å². The molecule has 0 bridgehead atoms. The van der Waals surface area contributed by atoms with E-state index in [9.17, 15) is 9.90 Å². The van der Waals surface area contributed by atoms with Crippen LogP contribution in [0.2, 0.25) is 0 Å². The van der Waals surface area contributed by atoms with Gasteiger partial charge in [0.2, 0.25) is 0 Å². The second kappa shape index (κ2) is 6.15. The third kappa shape index (κ3) is 2.80. The Morgan fingerprint density at radius 2 is 2.23 bits per heavy atom. The molecular formula is C17H18N2O3. The Balaban J connectivity index is 1.80. The van der Waals surface area contributed by atoms with Crippen LogP contribution in [0.4, 0.5) is 0 Å². The molecule has 1 aliphatic rings. The van der Waals surface area contributed by atoms with Gasteiger partial charge in [-0.2, -0.15) is 0 Å². The van der Waals surface area contributed by atoms with Crippen molar-refractivity contribution in [2.24, 2.45) is 0 Å². The molecule has 0 fully saturated rings. The number of nitrogens with zero attached hydrogens (tertiary/aromatic N) is 2. The van der Waals surface area contributed by atoms with Crippen LogP contribution in [0, 0.1) is 0 Å². The fourth-order valence-corrected chi connectivity index (χ4v) is 2.93. The molecule has 0 spiro atoms. The molecule has 22 heavy (non-hydrogen) atoms. The van der Waals surface area contributed by atoms with Crippen LogP contribution in [0.1, 0.15) is 27.2 Å². The van der Waals surface area contributed by atoms with E-state index in [0.29, 0.717) is 12.2 Å². The van der Waals surface area contributed by atoms with E-state index >= 15 is 0 Å². The summed E-state index contributed by atoms with van der Waals surface area (Å²) < 4.78 is 5.41. The van der Waals surface area contributed by atoms with Crippen LogP contribution < -0.4 is 4.74 Å². The van der Waals surface area contributed by atoms with Crippen molar-refractivity contribution in [1.29, 1.82) is 0 Å². The molecule has 0 aliphatic carbocycles. The van der Waals surface area contributed by atoms with Crippen molar-refractivity contribution in [3.05, 3.63) is 58.9 Å². The van der Waals surface area contributed by atoms with Crippen molar-refractivity contribution >= 4 is 5.97 Å². The molecule has 114 valence electrons. The maximum Gasteiger partial charge on any atom is 0.337 e. The number of pyridine rings is 1. The van der Waals surface area contributed by atoms with Crippen LogP contribution in [-0.2, 0) is 19.5 Å². The van der Waals surface area contributed by atoms with Crippen LogP contribution >= 0.6 is 0 Å². The van der Waals surface area contributed by atoms with E-state index in [2.05, 4.69) is 16.0 Å². The highest BCUT2D eigenvalue weighted by atomic mass is 16.5. The Morgan fingerprint density at radius 1 is 1.36 bits per heavy atom. The summed E-state index contributed by atoms with van der Waals surface area (Å²) in [5.74, 6) is 0.00314. The number of hydrogen-bond donors (Lipinski definition) is 1. The summed E-state index contributed by atoms with van der Waals surface area (Å²) in [6.45, 7) is 2.18. The van der Waals surface area contributed by atoms with Gasteiger partial charge in [0, 0.05) is 25.8 Å². The lowest BCUT2D eigenvalue weighted by Crippen LogP contribution is -2.31. The first-order valence-corrected chi connectivity index (χ1v) is 7.23. The zero-order chi connectivity index (χ0) is 15.5. The molecule has 1 aromatic heterocycles. The maximum atomic E-state index is 11.3. The minimum absolute atomic E-state index is 0.277. The van der Waals surface area contributed by atoms with Crippen molar-refractivity contribution in [2.45, 2.75) is 19.5 Å². The molecule has 5 heteroatoms. The first-order chi connectivity index (χ1) is 10.7. The second-order valence-corrected chi connectivity index (χ2v) is 5.36. The monoisotopic (exact) mass is 298 g/mol. The predicted octanol–water partition coefficient (Wildman–Crippen LogP) is 2.35. The quantitative estimate of drug-likeness (QED) is 0.938. The van der Waals surface area contributed by atoms with E-state index in [1.165, 1.54) is 11.1 Å². The van der Waals surface area contributed by atoms with E-state index in [1.807, 2.05) is 12.1 Å². The summed E-state index contributed by atoms with van der Waals surface area (Å²) in [5, 5.41) is 9.25. The Labute approximate surface area is 129 Å². The lowest BCUT2D eigenvalue weighted by Gasteiger charge is -2.29. The molecule has 0 atom stereocenters. The van der Waals surface area contributed by atoms with Gasteiger partial charge >= 0.3 is 5.97 Å². The van der Waals surface area contributed by atoms with E-state index in [0.717, 1.165) is 25.3 Å². The first-order valence-electron chi connectivity index (χ1n) is 7.23. The van der Waals surface area contributed by atoms with Crippen LogP contribution in [0.15, 0.2) is 36.5 Å². The van der Waals surface area contributed by atoms with E-state index in [-0.39, 0.29) is 5.56 Å². The summed E-state index contributed by atoms with van der Waals surface area (Å²) in [6, 6.07) is 9.33. The molecule has 2 aromatic rings. The first kappa shape index (κ1) is 14.5. The van der Waals surface area contributed by atoms with Gasteiger partial charge in [0.05, 0.1) is 18.4 Å². The highest BCUT2D eigenvalue weighted by Gasteiger charge is 2.21. The summed E-state index contributed by atoms with van der Waals surface area (Å²) in [4.78, 5) is 17.7. The van der Waals surface area contributed by atoms with Gasteiger partial charge in [0.25, 0.3) is 0 Å². The summed E-state index contributed by atoms with van der Waals surface area (Å²) >= 11 is 0. The van der Waals surface area contributed by atoms with Gasteiger partial charge in [-0.25, -0.2) is 4.79 Å². The fourth-order valence-electron chi connectivity index (χ4n) is 2.93. The minimum atomic E-state index is -0.929. The Hall–Kier alpha value is -2.40. The van der Waals surface area contributed by atoms with Crippen LogP contribution in [-0.4, -0.2) is 34.6 Å². The number of benzene rings is 1. The van der Waals surface area contributed by atoms with Gasteiger partial charge in [0.15, 0.2) is 0 Å². The highest BCUT2D eigenvalue weighted by Crippen LogP contribution is 2.28. The molecule has 0 radical (unpaired) electrons.